The SMILES string of the molecule is C=N/C(=C\C=C(/C)c1cc(OCC)cn2ncc(C#N)c12)N1CCC(CN2CCN[C@@H](C)C2)(C(=O)NCC(C)C)CC1. The number of nitrogens with one attached hydrogen (secondary N) is 2. The molecule has 10 nitrogen and oxygen atoms in total. The fourth-order valence-electron chi connectivity index (χ4n) is 5.96. The van der Waals surface area contributed by atoms with Gasteiger partial charge in [0.2, 0.25) is 5.91 Å². The van der Waals surface area contributed by atoms with E-state index in [1.54, 1.807) is 16.9 Å². The highest BCUT2D eigenvalue weighted by molar-refractivity contribution is 5.83. The van der Waals surface area contributed by atoms with Gasteiger partial charge in [-0.3, -0.25) is 9.69 Å². The van der Waals surface area contributed by atoms with E-state index in [1.165, 1.54) is 0 Å². The number of carbonyl (C=O) groups is 1. The minimum absolute atomic E-state index is 0.169. The Morgan fingerprint density at radius 3 is 2.76 bits per heavy atom. The van der Waals surface area contributed by atoms with Gasteiger partial charge in [-0.25, -0.2) is 9.51 Å². The maximum Gasteiger partial charge on any atom is 0.227 e. The van der Waals surface area contributed by atoms with Crippen LogP contribution in [0, 0.1) is 22.7 Å². The number of likely N-dealkylation sites (tertiary alicyclic amines) is 1. The summed E-state index contributed by atoms with van der Waals surface area (Å²) >= 11 is 0. The van der Waals surface area contributed by atoms with Crippen LogP contribution in [-0.4, -0.2) is 90.5 Å². The molecule has 2 saturated heterocycles. The molecule has 42 heavy (non-hydrogen) atoms. The number of nitriles is 1. The van der Waals surface area contributed by atoms with Gasteiger partial charge in [0, 0.05) is 57.4 Å². The van der Waals surface area contributed by atoms with E-state index in [0.29, 0.717) is 36.4 Å². The Bertz CT molecular complexity index is 1360. The third-order valence-electron chi connectivity index (χ3n) is 8.26. The van der Waals surface area contributed by atoms with Crippen LogP contribution in [0.2, 0.25) is 0 Å². The highest BCUT2D eigenvalue weighted by Gasteiger charge is 2.43. The van der Waals surface area contributed by atoms with Gasteiger partial charge in [-0.15, -0.1) is 0 Å². The minimum Gasteiger partial charge on any atom is -0.492 e. The van der Waals surface area contributed by atoms with Crippen LogP contribution in [0.1, 0.15) is 58.6 Å². The zero-order valence-corrected chi connectivity index (χ0v) is 25.8. The number of nitrogens with zero attached hydrogens (tertiary/aromatic N) is 6. The third kappa shape index (κ3) is 7.20. The molecule has 0 aromatic carbocycles. The number of rotatable bonds is 11. The molecule has 0 saturated carbocycles. The first-order valence-electron chi connectivity index (χ1n) is 15.1. The molecule has 226 valence electrons. The van der Waals surface area contributed by atoms with Gasteiger partial charge in [0.25, 0.3) is 0 Å². The van der Waals surface area contributed by atoms with Crippen molar-refractivity contribution in [3.05, 3.63) is 47.6 Å². The number of aliphatic imine (C=N–C) groups is 1. The molecule has 2 aromatic heterocycles. The zero-order chi connectivity index (χ0) is 30.3. The van der Waals surface area contributed by atoms with Crippen LogP contribution in [0.15, 0.2) is 41.4 Å². The van der Waals surface area contributed by atoms with E-state index < -0.39 is 5.41 Å². The van der Waals surface area contributed by atoms with Gasteiger partial charge in [0.15, 0.2) is 0 Å². The van der Waals surface area contributed by atoms with Gasteiger partial charge in [-0.05, 0) is 64.0 Å². The number of pyridine rings is 1. The predicted molar refractivity (Wildman–Crippen MR) is 167 cm³/mol. The molecule has 0 spiro atoms. The average Bonchev–Trinajstić information content (AvgIpc) is 3.39. The van der Waals surface area contributed by atoms with E-state index in [1.807, 2.05) is 32.1 Å². The number of hydrogen-bond donors (Lipinski definition) is 2. The molecule has 0 bridgehead atoms. The van der Waals surface area contributed by atoms with Gasteiger partial charge in [-0.1, -0.05) is 19.9 Å². The van der Waals surface area contributed by atoms with E-state index in [9.17, 15) is 10.1 Å². The third-order valence-corrected chi connectivity index (χ3v) is 8.26. The first-order valence-corrected chi connectivity index (χ1v) is 15.1. The topological polar surface area (TPSA) is 110 Å². The summed E-state index contributed by atoms with van der Waals surface area (Å²) in [5, 5.41) is 20.8. The second-order valence-corrected chi connectivity index (χ2v) is 12.0. The molecule has 0 unspecified atom stereocenters. The lowest BCUT2D eigenvalue weighted by Gasteiger charge is -2.45. The van der Waals surface area contributed by atoms with Gasteiger partial charge in [0.1, 0.15) is 17.6 Å². The summed E-state index contributed by atoms with van der Waals surface area (Å²) in [7, 11) is 0. The Morgan fingerprint density at radius 2 is 2.12 bits per heavy atom. The molecule has 2 aromatic rings. The summed E-state index contributed by atoms with van der Waals surface area (Å²) in [6.45, 7) is 20.6. The second kappa shape index (κ2) is 14.0. The number of hydrogen-bond acceptors (Lipinski definition) is 8. The van der Waals surface area contributed by atoms with E-state index in [2.05, 4.69) is 64.1 Å². The van der Waals surface area contributed by atoms with Crippen molar-refractivity contribution in [1.82, 2.24) is 30.0 Å². The standard InChI is InChI=1S/C32H46N8O2/c1-7-42-27-16-28(30-26(17-33)19-37-40(30)21-27)24(4)8-9-29(34-6)39-13-10-32(11-14-39,31(41)36-18-23(2)3)22-38-15-12-35-25(5)20-38/h8-9,16,19,21,23,25,35H,6-7,10-15,18,20,22H2,1-5H3,(H,36,41)/b24-8+,29-9+/t25-/m0/s1. The first-order chi connectivity index (χ1) is 20.2. The predicted octanol–water partition coefficient (Wildman–Crippen LogP) is 3.70. The van der Waals surface area contributed by atoms with Crippen molar-refractivity contribution in [2.45, 2.75) is 53.5 Å². The minimum atomic E-state index is -0.429. The Labute approximate surface area is 250 Å². The summed E-state index contributed by atoms with van der Waals surface area (Å²) in [6, 6.07) is 4.62. The van der Waals surface area contributed by atoms with E-state index in [-0.39, 0.29) is 5.91 Å². The maximum absolute atomic E-state index is 13.6. The molecule has 0 radical (unpaired) electrons. The Balaban J connectivity index is 1.55. The number of amides is 1. The summed E-state index contributed by atoms with van der Waals surface area (Å²) in [5.74, 6) is 2.03. The molecule has 10 heteroatoms. The molecule has 4 rings (SSSR count). The second-order valence-electron chi connectivity index (χ2n) is 12.0. The van der Waals surface area contributed by atoms with Crippen LogP contribution < -0.4 is 15.4 Å². The van der Waals surface area contributed by atoms with Crippen molar-refractivity contribution in [2.75, 3.05) is 52.4 Å². The number of ether oxygens (including phenoxy) is 1. The monoisotopic (exact) mass is 574 g/mol. The largest absolute Gasteiger partial charge is 0.492 e. The van der Waals surface area contributed by atoms with Crippen molar-refractivity contribution in [2.24, 2.45) is 16.3 Å². The molecule has 1 atom stereocenters. The molecule has 1 amide bonds. The highest BCUT2D eigenvalue weighted by Crippen LogP contribution is 2.35. The highest BCUT2D eigenvalue weighted by atomic mass is 16.5. The lowest BCUT2D eigenvalue weighted by atomic mass is 9.76. The molecule has 2 aliphatic rings. The molecule has 0 aliphatic carbocycles. The van der Waals surface area contributed by atoms with Crippen LogP contribution in [0.4, 0.5) is 0 Å². The van der Waals surface area contributed by atoms with Crippen molar-refractivity contribution in [1.29, 1.82) is 5.26 Å². The number of fused-ring (bicyclic) bond motifs is 1. The molecule has 2 aliphatic heterocycles. The Kier molecular flexibility index (Phi) is 10.4. The maximum atomic E-state index is 13.6. The van der Waals surface area contributed by atoms with Gasteiger partial charge in [0.05, 0.1) is 35.5 Å². The summed E-state index contributed by atoms with van der Waals surface area (Å²) in [4.78, 5) is 22.7. The van der Waals surface area contributed by atoms with Crippen LogP contribution in [0.3, 0.4) is 0 Å². The smallest absolute Gasteiger partial charge is 0.227 e. The van der Waals surface area contributed by atoms with Crippen molar-refractivity contribution in [3.8, 4) is 11.8 Å². The lowest BCUT2D eigenvalue weighted by Crippen LogP contribution is -2.58. The van der Waals surface area contributed by atoms with Crippen LogP contribution >= 0.6 is 0 Å². The van der Waals surface area contributed by atoms with Crippen molar-refractivity contribution < 1.29 is 9.53 Å². The van der Waals surface area contributed by atoms with Crippen LogP contribution in [0.5, 0.6) is 5.75 Å². The number of allylic oxidation sites excluding steroid dienone is 3. The van der Waals surface area contributed by atoms with Gasteiger partial charge >= 0.3 is 0 Å². The fraction of sp³-hybridized carbons (Fsp3) is 0.562. The van der Waals surface area contributed by atoms with Crippen LogP contribution in [-0.2, 0) is 4.79 Å². The summed E-state index contributed by atoms with van der Waals surface area (Å²) in [6.07, 6.45) is 8.85. The molecular formula is C32H46N8O2. The number of piperidine rings is 1. The first kappa shape index (κ1) is 31.3. The van der Waals surface area contributed by atoms with E-state index in [0.717, 1.165) is 74.6 Å². The van der Waals surface area contributed by atoms with Crippen molar-refractivity contribution >= 4 is 23.7 Å². The molecule has 2 fully saturated rings. The Hall–Kier alpha value is -3.68. The summed E-state index contributed by atoms with van der Waals surface area (Å²) in [5.41, 5.74) is 2.65. The number of carbonyl (C=O) groups excluding carboxylic acids is 1. The van der Waals surface area contributed by atoms with Crippen LogP contribution in [0.25, 0.3) is 11.1 Å². The van der Waals surface area contributed by atoms with Gasteiger partial charge in [-0.2, -0.15) is 10.4 Å². The molecular weight excluding hydrogens is 528 g/mol. The summed E-state index contributed by atoms with van der Waals surface area (Å²) < 4.78 is 7.45. The average molecular weight is 575 g/mol. The molecule has 2 N–H and O–H groups in total. The fourth-order valence-corrected chi connectivity index (χ4v) is 5.96. The zero-order valence-electron chi connectivity index (χ0n) is 25.8. The number of aromatic nitrogens is 2. The normalized spacial score (nSPS) is 20.0. The molecule has 4 heterocycles. The van der Waals surface area contributed by atoms with Gasteiger partial charge < -0.3 is 20.3 Å². The quantitative estimate of drug-likeness (QED) is 0.311. The lowest BCUT2D eigenvalue weighted by molar-refractivity contribution is -0.135. The Morgan fingerprint density at radius 1 is 1.36 bits per heavy atom. The van der Waals surface area contributed by atoms with Crippen molar-refractivity contribution in [3.63, 3.8) is 0 Å². The number of piperazine rings is 1. The van der Waals surface area contributed by atoms with E-state index in [4.69, 9.17) is 4.74 Å². The van der Waals surface area contributed by atoms with E-state index >= 15 is 0 Å².